The molecule has 0 saturated heterocycles. The molecule has 0 fully saturated rings. The summed E-state index contributed by atoms with van der Waals surface area (Å²) in [5.41, 5.74) is -0.955. The fourth-order valence-corrected chi connectivity index (χ4v) is 1.79. The SMILES string of the molecule is COc1cc(F)c(F)c(-c2cc(C(=O)O)nn2C)c1O. The van der Waals surface area contributed by atoms with Gasteiger partial charge in [0.25, 0.3) is 0 Å². The molecule has 106 valence electrons. The summed E-state index contributed by atoms with van der Waals surface area (Å²) in [4.78, 5) is 10.8. The first-order valence-electron chi connectivity index (χ1n) is 5.39. The van der Waals surface area contributed by atoms with Crippen LogP contribution < -0.4 is 4.74 Å². The van der Waals surface area contributed by atoms with Crippen molar-refractivity contribution in [2.45, 2.75) is 0 Å². The number of benzene rings is 1. The zero-order valence-electron chi connectivity index (χ0n) is 10.5. The van der Waals surface area contributed by atoms with E-state index in [1.54, 1.807) is 0 Å². The molecule has 0 unspecified atom stereocenters. The van der Waals surface area contributed by atoms with E-state index in [9.17, 15) is 18.7 Å². The number of phenols is 1. The predicted octanol–water partition coefficient (Wildman–Crippen LogP) is 1.78. The molecule has 2 rings (SSSR count). The van der Waals surface area contributed by atoms with Gasteiger partial charge in [-0.1, -0.05) is 0 Å². The standard InChI is InChI=1S/C12H10F2N2O4/c1-16-7(4-6(15-16)12(18)19)9-10(14)5(13)3-8(20-2)11(9)17/h3-4,17H,1-2H3,(H,18,19). The number of carboxylic acid groups (broad SMARTS) is 1. The molecule has 0 aliphatic carbocycles. The van der Waals surface area contributed by atoms with Crippen LogP contribution in [-0.4, -0.2) is 33.1 Å². The van der Waals surface area contributed by atoms with Crippen LogP contribution in [0.3, 0.4) is 0 Å². The lowest BCUT2D eigenvalue weighted by atomic mass is 10.1. The zero-order valence-corrected chi connectivity index (χ0v) is 10.5. The number of rotatable bonds is 3. The number of halogens is 2. The average molecular weight is 284 g/mol. The number of nitrogens with zero attached hydrogens (tertiary/aromatic N) is 2. The number of aromatic nitrogens is 2. The minimum atomic E-state index is -1.32. The molecule has 0 aliphatic heterocycles. The molecule has 8 heteroatoms. The van der Waals surface area contributed by atoms with E-state index < -0.39 is 28.9 Å². The van der Waals surface area contributed by atoms with E-state index in [2.05, 4.69) is 5.10 Å². The molecular formula is C12H10F2N2O4. The largest absolute Gasteiger partial charge is 0.504 e. The van der Waals surface area contributed by atoms with Crippen LogP contribution in [0.2, 0.25) is 0 Å². The Bertz CT molecular complexity index is 697. The molecule has 1 heterocycles. The second kappa shape index (κ2) is 4.80. The lowest BCUT2D eigenvalue weighted by molar-refractivity contribution is 0.0689. The molecular weight excluding hydrogens is 274 g/mol. The number of hydrogen-bond donors (Lipinski definition) is 2. The van der Waals surface area contributed by atoms with Crippen molar-refractivity contribution in [3.63, 3.8) is 0 Å². The lowest BCUT2D eigenvalue weighted by Gasteiger charge is -2.11. The monoisotopic (exact) mass is 284 g/mol. The van der Waals surface area contributed by atoms with Crippen molar-refractivity contribution in [3.8, 4) is 22.8 Å². The molecule has 0 amide bonds. The highest BCUT2D eigenvalue weighted by molar-refractivity contribution is 5.87. The van der Waals surface area contributed by atoms with E-state index in [4.69, 9.17) is 9.84 Å². The van der Waals surface area contributed by atoms with Crippen LogP contribution >= 0.6 is 0 Å². The van der Waals surface area contributed by atoms with Gasteiger partial charge in [-0.05, 0) is 6.07 Å². The number of aryl methyl sites for hydroxylation is 1. The summed E-state index contributed by atoms with van der Waals surface area (Å²) in [6, 6.07) is 1.72. The normalized spacial score (nSPS) is 10.6. The van der Waals surface area contributed by atoms with Gasteiger partial charge in [0, 0.05) is 13.1 Å². The van der Waals surface area contributed by atoms with E-state index in [0.717, 1.165) is 10.7 Å². The molecule has 0 saturated carbocycles. The number of aromatic carboxylic acids is 1. The first kappa shape index (κ1) is 13.8. The predicted molar refractivity (Wildman–Crippen MR) is 63.7 cm³/mol. The minimum absolute atomic E-state index is 0.0878. The van der Waals surface area contributed by atoms with E-state index in [1.807, 2.05) is 0 Å². The first-order chi connectivity index (χ1) is 9.36. The van der Waals surface area contributed by atoms with Crippen molar-refractivity contribution in [1.29, 1.82) is 0 Å². The summed E-state index contributed by atoms with van der Waals surface area (Å²) in [6.07, 6.45) is 0. The molecule has 0 radical (unpaired) electrons. The zero-order chi connectivity index (χ0) is 15.0. The van der Waals surface area contributed by atoms with Crippen molar-refractivity contribution in [1.82, 2.24) is 9.78 Å². The average Bonchev–Trinajstić information content (AvgIpc) is 2.77. The van der Waals surface area contributed by atoms with Crippen molar-refractivity contribution in [3.05, 3.63) is 29.5 Å². The van der Waals surface area contributed by atoms with E-state index >= 15 is 0 Å². The minimum Gasteiger partial charge on any atom is -0.504 e. The van der Waals surface area contributed by atoms with Gasteiger partial charge >= 0.3 is 5.97 Å². The molecule has 0 bridgehead atoms. The summed E-state index contributed by atoms with van der Waals surface area (Å²) in [5, 5.41) is 22.4. The molecule has 0 atom stereocenters. The highest BCUT2D eigenvalue weighted by Crippen LogP contribution is 2.40. The smallest absolute Gasteiger partial charge is 0.356 e. The molecule has 2 N–H and O–H groups in total. The second-order valence-corrected chi connectivity index (χ2v) is 3.94. The van der Waals surface area contributed by atoms with Gasteiger partial charge in [0.1, 0.15) is 0 Å². The molecule has 0 spiro atoms. The summed E-state index contributed by atoms with van der Waals surface area (Å²) >= 11 is 0. The van der Waals surface area contributed by atoms with Gasteiger partial charge in [-0.25, -0.2) is 13.6 Å². The third kappa shape index (κ3) is 2.04. The fourth-order valence-electron chi connectivity index (χ4n) is 1.79. The van der Waals surface area contributed by atoms with Crippen molar-refractivity contribution in [2.75, 3.05) is 7.11 Å². The Kier molecular flexibility index (Phi) is 3.31. The van der Waals surface area contributed by atoms with Crippen LogP contribution in [0.4, 0.5) is 8.78 Å². The van der Waals surface area contributed by atoms with E-state index in [-0.39, 0.29) is 17.1 Å². The number of carbonyl (C=O) groups is 1. The van der Waals surface area contributed by atoms with Gasteiger partial charge in [0.15, 0.2) is 28.8 Å². The Hall–Kier alpha value is -2.64. The van der Waals surface area contributed by atoms with Crippen LogP contribution in [0.5, 0.6) is 11.5 Å². The topological polar surface area (TPSA) is 84.6 Å². The number of phenolic OH excluding ortho intramolecular Hbond substituents is 1. The van der Waals surface area contributed by atoms with Crippen molar-refractivity contribution < 1.29 is 28.5 Å². The van der Waals surface area contributed by atoms with Gasteiger partial charge in [-0.15, -0.1) is 0 Å². The quantitative estimate of drug-likeness (QED) is 0.897. The van der Waals surface area contributed by atoms with Crippen LogP contribution in [0.15, 0.2) is 12.1 Å². The maximum absolute atomic E-state index is 13.9. The summed E-state index contributed by atoms with van der Waals surface area (Å²) < 4.78 is 33.1. The van der Waals surface area contributed by atoms with Crippen molar-refractivity contribution in [2.24, 2.45) is 7.05 Å². The maximum Gasteiger partial charge on any atom is 0.356 e. The van der Waals surface area contributed by atoms with Crippen LogP contribution in [0, 0.1) is 11.6 Å². The van der Waals surface area contributed by atoms with Gasteiger partial charge in [0.05, 0.1) is 18.4 Å². The maximum atomic E-state index is 13.9. The third-order valence-corrected chi connectivity index (χ3v) is 2.73. The molecule has 1 aromatic heterocycles. The summed E-state index contributed by atoms with van der Waals surface area (Å²) in [6.45, 7) is 0. The van der Waals surface area contributed by atoms with Crippen molar-refractivity contribution >= 4 is 5.97 Å². The van der Waals surface area contributed by atoms with Gasteiger partial charge in [0.2, 0.25) is 0 Å². The fraction of sp³-hybridized carbons (Fsp3) is 0.167. The molecule has 20 heavy (non-hydrogen) atoms. The summed E-state index contributed by atoms with van der Waals surface area (Å²) in [7, 11) is 2.53. The Morgan fingerprint density at radius 2 is 2.05 bits per heavy atom. The number of ether oxygens (including phenoxy) is 1. The lowest BCUT2D eigenvalue weighted by Crippen LogP contribution is -2.01. The molecule has 1 aromatic carbocycles. The Morgan fingerprint density at radius 1 is 1.40 bits per heavy atom. The highest BCUT2D eigenvalue weighted by Gasteiger charge is 2.24. The number of carboxylic acids is 1. The Balaban J connectivity index is 2.75. The van der Waals surface area contributed by atoms with Gasteiger partial charge < -0.3 is 14.9 Å². The summed E-state index contributed by atoms with van der Waals surface area (Å²) in [5.74, 6) is -4.77. The molecule has 2 aromatic rings. The highest BCUT2D eigenvalue weighted by atomic mass is 19.2. The Morgan fingerprint density at radius 3 is 2.55 bits per heavy atom. The molecule has 6 nitrogen and oxygen atoms in total. The van der Waals surface area contributed by atoms with Crippen LogP contribution in [-0.2, 0) is 7.05 Å². The van der Waals surface area contributed by atoms with Crippen LogP contribution in [0.25, 0.3) is 11.3 Å². The van der Waals surface area contributed by atoms with Crippen LogP contribution in [0.1, 0.15) is 10.5 Å². The second-order valence-electron chi connectivity index (χ2n) is 3.94. The first-order valence-corrected chi connectivity index (χ1v) is 5.39. The Labute approximate surface area is 111 Å². The number of hydrogen-bond acceptors (Lipinski definition) is 4. The van der Waals surface area contributed by atoms with Gasteiger partial charge in [-0.2, -0.15) is 5.10 Å². The molecule has 0 aliphatic rings. The number of aromatic hydroxyl groups is 1. The number of methoxy groups -OCH3 is 1. The third-order valence-electron chi connectivity index (χ3n) is 2.73. The van der Waals surface area contributed by atoms with E-state index in [0.29, 0.717) is 6.07 Å². The van der Waals surface area contributed by atoms with E-state index in [1.165, 1.54) is 14.2 Å². The van der Waals surface area contributed by atoms with Gasteiger partial charge in [-0.3, -0.25) is 4.68 Å².